The summed E-state index contributed by atoms with van der Waals surface area (Å²) in [4.78, 5) is 4.31. The largest absolute Gasteiger partial charge is 0.377 e. The van der Waals surface area contributed by atoms with Crippen molar-refractivity contribution in [2.75, 3.05) is 34.7 Å². The maximum absolute atomic E-state index is 2.25. The molecular weight excluding hydrogens is 184 g/mol. The van der Waals surface area contributed by atoms with E-state index in [1.54, 1.807) is 0 Å². The van der Waals surface area contributed by atoms with E-state index >= 15 is 0 Å². The maximum Gasteiger partial charge on any atom is 0.0406 e. The third kappa shape index (κ3) is 3.76. The van der Waals surface area contributed by atoms with Gasteiger partial charge in [-0.1, -0.05) is 30.3 Å². The highest BCUT2D eigenvalue weighted by Gasteiger charge is 2.02. The Labute approximate surface area is 92.8 Å². The molecule has 82 valence electrons. The van der Waals surface area contributed by atoms with Crippen molar-refractivity contribution in [1.29, 1.82) is 0 Å². The third-order valence-corrected chi connectivity index (χ3v) is 2.20. The van der Waals surface area contributed by atoms with Crippen LogP contribution in [-0.4, -0.2) is 44.5 Å². The van der Waals surface area contributed by atoms with Crippen molar-refractivity contribution >= 4 is 5.70 Å². The molecule has 0 N–H and O–H groups in total. The van der Waals surface area contributed by atoms with Crippen LogP contribution >= 0.6 is 0 Å². The second kappa shape index (κ2) is 5.56. The third-order valence-electron chi connectivity index (χ3n) is 2.20. The van der Waals surface area contributed by atoms with Crippen LogP contribution in [0.15, 0.2) is 36.4 Å². The van der Waals surface area contributed by atoms with Crippen LogP contribution in [0.25, 0.3) is 5.70 Å². The van der Waals surface area contributed by atoms with Gasteiger partial charge in [-0.3, -0.25) is 0 Å². The molecular formula is C13H20N2. The molecule has 15 heavy (non-hydrogen) atoms. The minimum atomic E-state index is 0.961. The maximum atomic E-state index is 2.25. The van der Waals surface area contributed by atoms with Gasteiger partial charge < -0.3 is 9.80 Å². The molecule has 0 fully saturated rings. The lowest BCUT2D eigenvalue weighted by Crippen LogP contribution is -2.15. The smallest absolute Gasteiger partial charge is 0.0406 e. The number of hydrogen-bond acceptors (Lipinski definition) is 2. The summed E-state index contributed by atoms with van der Waals surface area (Å²) in [7, 11) is 8.31. The van der Waals surface area contributed by atoms with Crippen LogP contribution in [0.3, 0.4) is 0 Å². The molecule has 0 saturated heterocycles. The summed E-state index contributed by atoms with van der Waals surface area (Å²) in [5.41, 5.74) is 2.54. The first-order valence-electron chi connectivity index (χ1n) is 5.19. The number of rotatable bonds is 4. The first-order valence-corrected chi connectivity index (χ1v) is 5.19. The van der Waals surface area contributed by atoms with Crippen LogP contribution in [0, 0.1) is 0 Å². The molecule has 0 heterocycles. The minimum absolute atomic E-state index is 0.961. The van der Waals surface area contributed by atoms with Crippen LogP contribution in [0.2, 0.25) is 0 Å². The summed E-state index contributed by atoms with van der Waals surface area (Å²) in [6.07, 6.45) is 2.25. The predicted octanol–water partition coefficient (Wildman–Crippen LogP) is 2.15. The van der Waals surface area contributed by atoms with Crippen LogP contribution in [-0.2, 0) is 0 Å². The Balaban J connectivity index is 2.89. The first-order chi connectivity index (χ1) is 7.11. The Morgan fingerprint density at radius 3 is 2.13 bits per heavy atom. The average Bonchev–Trinajstić information content (AvgIpc) is 2.18. The zero-order chi connectivity index (χ0) is 11.3. The molecule has 0 unspecified atom stereocenters. The van der Waals surface area contributed by atoms with Gasteiger partial charge in [0.15, 0.2) is 0 Å². The highest BCUT2D eigenvalue weighted by molar-refractivity contribution is 5.63. The molecule has 0 saturated carbocycles. The lowest BCUT2D eigenvalue weighted by atomic mass is 10.1. The van der Waals surface area contributed by atoms with Gasteiger partial charge in [0, 0.05) is 26.3 Å². The van der Waals surface area contributed by atoms with Crippen molar-refractivity contribution in [3.63, 3.8) is 0 Å². The fourth-order valence-corrected chi connectivity index (χ4v) is 1.44. The quantitative estimate of drug-likeness (QED) is 0.741. The minimum Gasteiger partial charge on any atom is -0.377 e. The molecule has 0 bridgehead atoms. The fraction of sp³-hybridized carbons (Fsp3) is 0.385. The van der Waals surface area contributed by atoms with Gasteiger partial charge >= 0.3 is 0 Å². The van der Waals surface area contributed by atoms with E-state index in [1.807, 2.05) is 6.07 Å². The number of nitrogens with zero attached hydrogens (tertiary/aromatic N) is 2. The normalized spacial score (nSPS) is 11.9. The molecule has 0 aliphatic heterocycles. The molecule has 1 rings (SSSR count). The molecule has 0 spiro atoms. The van der Waals surface area contributed by atoms with Crippen LogP contribution in [0.5, 0.6) is 0 Å². The van der Waals surface area contributed by atoms with Gasteiger partial charge in [-0.2, -0.15) is 0 Å². The lowest BCUT2D eigenvalue weighted by Gasteiger charge is -2.18. The van der Waals surface area contributed by atoms with Gasteiger partial charge in [0.1, 0.15) is 0 Å². The zero-order valence-corrected chi connectivity index (χ0v) is 10.1. The van der Waals surface area contributed by atoms with Gasteiger partial charge in [-0.05, 0) is 25.7 Å². The van der Waals surface area contributed by atoms with E-state index in [9.17, 15) is 0 Å². The monoisotopic (exact) mass is 204 g/mol. The van der Waals surface area contributed by atoms with Gasteiger partial charge in [0.2, 0.25) is 0 Å². The van der Waals surface area contributed by atoms with E-state index in [0.29, 0.717) is 0 Å². The Morgan fingerprint density at radius 2 is 1.67 bits per heavy atom. The molecule has 0 atom stereocenters. The summed E-state index contributed by atoms with van der Waals surface area (Å²) >= 11 is 0. The van der Waals surface area contributed by atoms with Crippen molar-refractivity contribution in [1.82, 2.24) is 9.80 Å². The second-order valence-corrected chi connectivity index (χ2v) is 4.11. The van der Waals surface area contributed by atoms with Crippen LogP contribution < -0.4 is 0 Å². The summed E-state index contributed by atoms with van der Waals surface area (Å²) in [5.74, 6) is 0. The van der Waals surface area contributed by atoms with Crippen molar-refractivity contribution in [3.8, 4) is 0 Å². The van der Waals surface area contributed by atoms with E-state index in [4.69, 9.17) is 0 Å². The number of hydrogen-bond donors (Lipinski definition) is 0. The van der Waals surface area contributed by atoms with Gasteiger partial charge in [0.05, 0.1) is 0 Å². The first kappa shape index (κ1) is 11.8. The molecule has 0 radical (unpaired) electrons. The number of likely N-dealkylation sites (N-methyl/N-ethyl adjacent to an activating group) is 1. The topological polar surface area (TPSA) is 6.48 Å². The molecule has 1 aromatic carbocycles. The van der Waals surface area contributed by atoms with Crippen molar-refractivity contribution in [2.45, 2.75) is 0 Å². The highest BCUT2D eigenvalue weighted by atomic mass is 15.1. The van der Waals surface area contributed by atoms with E-state index in [1.165, 1.54) is 11.3 Å². The predicted molar refractivity (Wildman–Crippen MR) is 66.7 cm³/mol. The molecule has 2 nitrogen and oxygen atoms in total. The highest BCUT2D eigenvalue weighted by Crippen LogP contribution is 2.15. The Bertz CT molecular complexity index is 313. The van der Waals surface area contributed by atoms with Crippen molar-refractivity contribution in [3.05, 3.63) is 42.0 Å². The van der Waals surface area contributed by atoms with E-state index in [-0.39, 0.29) is 0 Å². The summed E-state index contributed by atoms with van der Waals surface area (Å²) in [5, 5.41) is 0. The van der Waals surface area contributed by atoms with E-state index < -0.39 is 0 Å². The van der Waals surface area contributed by atoms with E-state index in [0.717, 1.165) is 6.54 Å². The summed E-state index contributed by atoms with van der Waals surface area (Å²) in [6.45, 7) is 0.961. The fourth-order valence-electron chi connectivity index (χ4n) is 1.44. The Kier molecular flexibility index (Phi) is 4.37. The SMILES string of the molecule is CN(C)C/C=C(\c1ccccc1)N(C)C. The zero-order valence-electron chi connectivity index (χ0n) is 10.1. The summed E-state index contributed by atoms with van der Waals surface area (Å²) in [6, 6.07) is 10.5. The summed E-state index contributed by atoms with van der Waals surface area (Å²) < 4.78 is 0. The number of benzene rings is 1. The van der Waals surface area contributed by atoms with Gasteiger partial charge in [-0.15, -0.1) is 0 Å². The lowest BCUT2D eigenvalue weighted by molar-refractivity contribution is 0.453. The van der Waals surface area contributed by atoms with E-state index in [2.05, 4.69) is 68.3 Å². The van der Waals surface area contributed by atoms with Crippen molar-refractivity contribution in [2.24, 2.45) is 0 Å². The average molecular weight is 204 g/mol. The van der Waals surface area contributed by atoms with Crippen LogP contribution in [0.1, 0.15) is 5.56 Å². The second-order valence-electron chi connectivity index (χ2n) is 4.11. The standard InChI is InChI=1S/C13H20N2/c1-14(2)11-10-13(15(3)4)12-8-6-5-7-9-12/h5-10H,11H2,1-4H3/b13-10+. The van der Waals surface area contributed by atoms with Crippen molar-refractivity contribution < 1.29 is 0 Å². The Hall–Kier alpha value is -1.28. The Morgan fingerprint density at radius 1 is 1.07 bits per heavy atom. The molecule has 0 aromatic heterocycles. The van der Waals surface area contributed by atoms with Crippen LogP contribution in [0.4, 0.5) is 0 Å². The molecule has 0 aliphatic rings. The molecule has 0 aliphatic carbocycles. The molecule has 0 amide bonds. The molecule has 1 aromatic rings. The van der Waals surface area contributed by atoms with Gasteiger partial charge in [0.25, 0.3) is 0 Å². The molecule has 2 heteroatoms. The van der Waals surface area contributed by atoms with Gasteiger partial charge in [-0.25, -0.2) is 0 Å².